The molecule has 4 heteroatoms. The van der Waals surface area contributed by atoms with Gasteiger partial charge in [0.25, 0.3) is 0 Å². The predicted octanol–water partition coefficient (Wildman–Crippen LogP) is 3.50. The average Bonchev–Trinajstić information content (AvgIpc) is 2.59. The Balaban J connectivity index is 2.17. The first-order chi connectivity index (χ1) is 11.5. The number of urea groups is 1. The Labute approximate surface area is 144 Å². The van der Waals surface area contributed by atoms with Crippen LogP contribution in [0.3, 0.4) is 0 Å². The molecule has 2 aromatic rings. The van der Waals surface area contributed by atoms with Crippen molar-refractivity contribution in [2.24, 2.45) is 0 Å². The maximum Gasteiger partial charge on any atom is 0.317 e. The second-order valence-corrected chi connectivity index (χ2v) is 6.26. The number of hydrogen-bond donors (Lipinski definition) is 2. The fourth-order valence-corrected chi connectivity index (χ4v) is 2.48. The highest BCUT2D eigenvalue weighted by molar-refractivity contribution is 5.75. The van der Waals surface area contributed by atoms with Crippen LogP contribution in [0.1, 0.15) is 36.1 Å². The lowest BCUT2D eigenvalue weighted by molar-refractivity contribution is 0.162. The fourth-order valence-electron chi connectivity index (χ4n) is 2.48. The minimum absolute atomic E-state index is 0.148. The highest BCUT2D eigenvalue weighted by Gasteiger charge is 2.19. The van der Waals surface area contributed by atoms with Crippen molar-refractivity contribution in [3.63, 3.8) is 0 Å². The van der Waals surface area contributed by atoms with Crippen LogP contribution in [0.25, 0.3) is 0 Å². The summed E-state index contributed by atoms with van der Waals surface area (Å²) >= 11 is 0. The van der Waals surface area contributed by atoms with E-state index in [1.54, 1.807) is 18.9 Å². The second-order valence-electron chi connectivity index (χ2n) is 6.26. The van der Waals surface area contributed by atoms with Crippen molar-refractivity contribution in [3.8, 4) is 0 Å². The number of rotatable bonds is 6. The van der Waals surface area contributed by atoms with Crippen LogP contribution in [0.4, 0.5) is 4.79 Å². The van der Waals surface area contributed by atoms with E-state index < -0.39 is 6.10 Å². The molecule has 0 aliphatic rings. The number of carbonyl (C=O) groups is 1. The van der Waals surface area contributed by atoms with E-state index in [0.717, 1.165) is 11.1 Å². The van der Waals surface area contributed by atoms with Crippen LogP contribution in [0.2, 0.25) is 0 Å². The summed E-state index contributed by atoms with van der Waals surface area (Å²) < 4.78 is 0. The summed E-state index contributed by atoms with van der Waals surface area (Å²) in [4.78, 5) is 14.1. The van der Waals surface area contributed by atoms with Gasteiger partial charge in [-0.15, -0.1) is 0 Å². The van der Waals surface area contributed by atoms with Crippen molar-refractivity contribution in [2.45, 2.75) is 32.4 Å². The molecule has 0 aromatic heterocycles. The number of aliphatic hydroxyl groups excluding tert-OH is 1. The summed E-state index contributed by atoms with van der Waals surface area (Å²) in [7, 11) is 1.74. The van der Waals surface area contributed by atoms with Gasteiger partial charge in [0.1, 0.15) is 0 Å². The smallest absolute Gasteiger partial charge is 0.317 e. The largest absolute Gasteiger partial charge is 0.393 e. The number of benzene rings is 2. The first kappa shape index (κ1) is 18.0. The van der Waals surface area contributed by atoms with Crippen molar-refractivity contribution in [3.05, 3.63) is 71.3 Å². The van der Waals surface area contributed by atoms with Gasteiger partial charge in [0, 0.05) is 13.6 Å². The molecule has 0 saturated heterocycles. The highest BCUT2D eigenvalue weighted by atomic mass is 16.3. The zero-order chi connectivity index (χ0) is 17.5. The van der Waals surface area contributed by atoms with Crippen molar-refractivity contribution in [2.75, 3.05) is 13.6 Å². The molecule has 0 spiro atoms. The van der Waals surface area contributed by atoms with E-state index >= 15 is 0 Å². The minimum atomic E-state index is -0.415. The van der Waals surface area contributed by atoms with Crippen molar-refractivity contribution >= 4 is 6.03 Å². The van der Waals surface area contributed by atoms with Crippen LogP contribution >= 0.6 is 0 Å². The summed E-state index contributed by atoms with van der Waals surface area (Å²) in [6.45, 7) is 4.29. The molecular formula is C20H26N2O2. The van der Waals surface area contributed by atoms with E-state index in [1.807, 2.05) is 49.4 Å². The third-order valence-electron chi connectivity index (χ3n) is 4.04. The Morgan fingerprint density at radius 1 is 1.08 bits per heavy atom. The third-order valence-corrected chi connectivity index (χ3v) is 4.04. The molecule has 0 aliphatic carbocycles. The molecule has 0 radical (unpaired) electrons. The van der Waals surface area contributed by atoms with Gasteiger partial charge < -0.3 is 15.3 Å². The number of nitrogens with zero attached hydrogens (tertiary/aromatic N) is 1. The summed E-state index contributed by atoms with van der Waals surface area (Å²) in [5.41, 5.74) is 3.27. The predicted molar refractivity (Wildman–Crippen MR) is 96.9 cm³/mol. The number of aliphatic hydroxyl groups is 1. The first-order valence-electron chi connectivity index (χ1n) is 8.28. The quantitative estimate of drug-likeness (QED) is 0.854. The van der Waals surface area contributed by atoms with Gasteiger partial charge in [-0.25, -0.2) is 4.79 Å². The first-order valence-corrected chi connectivity index (χ1v) is 8.28. The van der Waals surface area contributed by atoms with Gasteiger partial charge in [0.2, 0.25) is 0 Å². The molecular weight excluding hydrogens is 300 g/mol. The number of aryl methyl sites for hydroxylation is 1. The van der Waals surface area contributed by atoms with Gasteiger partial charge in [-0.3, -0.25) is 0 Å². The standard InChI is InChI=1S/C20H26N2O2/c1-15-9-11-18(12-10-15)19(17-7-5-4-6-8-17)21-20(24)22(3)14-13-16(2)23/h4-12,16,19,23H,13-14H2,1-3H3,(H,21,24). The molecule has 128 valence electrons. The van der Waals surface area contributed by atoms with Crippen LogP contribution in [0.15, 0.2) is 54.6 Å². The molecule has 4 nitrogen and oxygen atoms in total. The Hall–Kier alpha value is -2.33. The number of hydrogen-bond acceptors (Lipinski definition) is 2. The van der Waals surface area contributed by atoms with Crippen LogP contribution in [-0.2, 0) is 0 Å². The van der Waals surface area contributed by atoms with Crippen molar-refractivity contribution in [1.29, 1.82) is 0 Å². The van der Waals surface area contributed by atoms with Gasteiger partial charge in [-0.2, -0.15) is 0 Å². The summed E-state index contributed by atoms with van der Waals surface area (Å²) in [5, 5.41) is 12.5. The molecule has 0 bridgehead atoms. The number of nitrogens with one attached hydrogen (secondary N) is 1. The zero-order valence-corrected chi connectivity index (χ0v) is 14.6. The van der Waals surface area contributed by atoms with Crippen LogP contribution in [0.5, 0.6) is 0 Å². The molecule has 2 aromatic carbocycles. The number of carbonyl (C=O) groups excluding carboxylic acids is 1. The lowest BCUT2D eigenvalue weighted by Gasteiger charge is -2.25. The average molecular weight is 326 g/mol. The van der Waals surface area contributed by atoms with E-state index in [1.165, 1.54) is 5.56 Å². The SMILES string of the molecule is Cc1ccc(C(NC(=O)N(C)CCC(C)O)c2ccccc2)cc1. The highest BCUT2D eigenvalue weighted by Crippen LogP contribution is 2.22. The molecule has 0 aliphatic heterocycles. The van der Waals surface area contributed by atoms with Gasteiger partial charge in [-0.1, -0.05) is 60.2 Å². The molecule has 2 rings (SSSR count). The van der Waals surface area contributed by atoms with Gasteiger partial charge in [0.05, 0.1) is 12.1 Å². The Kier molecular flexibility index (Phi) is 6.38. The molecule has 0 fully saturated rings. The Morgan fingerprint density at radius 2 is 1.67 bits per heavy atom. The van der Waals surface area contributed by atoms with Crippen LogP contribution < -0.4 is 5.32 Å². The fraction of sp³-hybridized carbons (Fsp3) is 0.350. The normalized spacial score (nSPS) is 13.2. The van der Waals surface area contributed by atoms with Crippen LogP contribution in [0, 0.1) is 6.92 Å². The summed E-state index contributed by atoms with van der Waals surface area (Å²) in [5.74, 6) is 0. The summed E-state index contributed by atoms with van der Waals surface area (Å²) in [6.07, 6.45) is 0.145. The zero-order valence-electron chi connectivity index (χ0n) is 14.6. The third kappa shape index (κ3) is 5.10. The molecule has 24 heavy (non-hydrogen) atoms. The van der Waals surface area contributed by atoms with Crippen LogP contribution in [-0.4, -0.2) is 35.7 Å². The molecule has 2 N–H and O–H groups in total. The van der Waals surface area contributed by atoms with E-state index in [4.69, 9.17) is 0 Å². The molecule has 2 amide bonds. The lowest BCUT2D eigenvalue weighted by Crippen LogP contribution is -2.40. The van der Waals surface area contributed by atoms with E-state index in [2.05, 4.69) is 17.4 Å². The van der Waals surface area contributed by atoms with Crippen molar-refractivity contribution in [1.82, 2.24) is 10.2 Å². The summed E-state index contributed by atoms with van der Waals surface area (Å²) in [6, 6.07) is 17.8. The maximum atomic E-state index is 12.5. The van der Waals surface area contributed by atoms with Crippen molar-refractivity contribution < 1.29 is 9.90 Å². The van der Waals surface area contributed by atoms with Gasteiger partial charge in [-0.05, 0) is 31.4 Å². The lowest BCUT2D eigenvalue weighted by atomic mass is 9.98. The molecule has 2 atom stereocenters. The monoisotopic (exact) mass is 326 g/mol. The van der Waals surface area contributed by atoms with Gasteiger partial charge in [0.15, 0.2) is 0 Å². The Morgan fingerprint density at radius 3 is 2.25 bits per heavy atom. The molecule has 2 unspecified atom stereocenters. The van der Waals surface area contributed by atoms with E-state index in [-0.39, 0.29) is 12.1 Å². The molecule has 0 heterocycles. The van der Waals surface area contributed by atoms with Gasteiger partial charge >= 0.3 is 6.03 Å². The minimum Gasteiger partial charge on any atom is -0.393 e. The second kappa shape index (κ2) is 8.50. The van der Waals surface area contributed by atoms with E-state index in [9.17, 15) is 9.90 Å². The molecule has 0 saturated carbocycles. The number of amides is 2. The Bertz CT molecular complexity index is 638. The van der Waals surface area contributed by atoms with E-state index in [0.29, 0.717) is 13.0 Å². The topological polar surface area (TPSA) is 52.6 Å². The maximum absolute atomic E-state index is 12.5.